The molecular weight excluding hydrogens is 396 g/mol. The highest BCUT2D eigenvalue weighted by molar-refractivity contribution is 8.14. The zero-order valence-electron chi connectivity index (χ0n) is 16.1. The van der Waals surface area contributed by atoms with Gasteiger partial charge in [0.15, 0.2) is 11.2 Å². The van der Waals surface area contributed by atoms with E-state index in [0.717, 1.165) is 17.3 Å². The van der Waals surface area contributed by atoms with Crippen LogP contribution in [0.5, 0.6) is 0 Å². The van der Waals surface area contributed by atoms with E-state index >= 15 is 0 Å². The third-order valence-corrected chi connectivity index (χ3v) is 6.05. The molecule has 9 heteroatoms. The van der Waals surface area contributed by atoms with Crippen LogP contribution in [0.2, 0.25) is 0 Å². The molecule has 2 aliphatic rings. The molecule has 0 spiro atoms. The Bertz CT molecular complexity index is 786. The third-order valence-electron chi connectivity index (χ3n) is 5.06. The molecule has 4 atom stereocenters. The number of hydrogen-bond acceptors (Lipinski definition) is 6. The number of nitrogens with zero attached hydrogens (tertiary/aromatic N) is 1. The van der Waals surface area contributed by atoms with Gasteiger partial charge in [-0.2, -0.15) is 0 Å². The third kappa shape index (κ3) is 5.16. The number of nitrogens with one attached hydrogen (secondary N) is 1. The summed E-state index contributed by atoms with van der Waals surface area (Å²) in [5.41, 5.74) is 0.910. The molecule has 2 heterocycles. The Balaban J connectivity index is 1.73. The minimum Gasteiger partial charge on any atom is -0.480 e. The quantitative estimate of drug-likeness (QED) is 0.711. The lowest BCUT2D eigenvalue weighted by molar-refractivity contribution is -0.151. The van der Waals surface area contributed by atoms with Gasteiger partial charge < -0.3 is 15.2 Å². The number of aliphatic carboxylic acids is 1. The Kier molecular flexibility index (Phi) is 6.92. The Hall–Kier alpha value is -2.39. The van der Waals surface area contributed by atoms with Gasteiger partial charge in [0.25, 0.3) is 0 Å². The van der Waals surface area contributed by atoms with Gasteiger partial charge in [-0.1, -0.05) is 42.1 Å². The molecule has 2 N–H and O–H groups in total. The first kappa shape index (κ1) is 21.3. The first-order chi connectivity index (χ1) is 13.9. The summed E-state index contributed by atoms with van der Waals surface area (Å²) in [5.74, 6) is -1.98. The van der Waals surface area contributed by atoms with Gasteiger partial charge in [-0.25, -0.2) is 4.79 Å². The Morgan fingerprint density at radius 2 is 2.00 bits per heavy atom. The molecule has 8 nitrogen and oxygen atoms in total. The van der Waals surface area contributed by atoms with E-state index in [-0.39, 0.29) is 11.7 Å². The number of rotatable bonds is 6. The maximum absolute atomic E-state index is 13.0. The van der Waals surface area contributed by atoms with Crippen molar-refractivity contribution in [2.45, 2.75) is 56.2 Å². The van der Waals surface area contributed by atoms with Crippen molar-refractivity contribution in [3.8, 4) is 0 Å². The number of benzene rings is 1. The predicted molar refractivity (Wildman–Crippen MR) is 106 cm³/mol. The number of carbonyl (C=O) groups is 4. The van der Waals surface area contributed by atoms with Crippen molar-refractivity contribution < 1.29 is 29.0 Å². The fraction of sp³-hybridized carbons (Fsp3) is 0.500. The molecule has 2 amide bonds. The van der Waals surface area contributed by atoms with E-state index in [1.54, 1.807) is 0 Å². The number of carboxylic acid groups (broad SMARTS) is 1. The van der Waals surface area contributed by atoms with E-state index < -0.39 is 41.3 Å². The molecule has 2 aliphatic heterocycles. The normalized spacial score (nSPS) is 25.1. The predicted octanol–water partition coefficient (Wildman–Crippen LogP) is 1.18. The molecule has 2 fully saturated rings. The molecule has 29 heavy (non-hydrogen) atoms. The lowest BCUT2D eigenvalue weighted by atomic mass is 10.1. The number of hydrogen-bond donors (Lipinski definition) is 2. The lowest BCUT2D eigenvalue weighted by Gasteiger charge is -2.28. The van der Waals surface area contributed by atoms with E-state index in [0.29, 0.717) is 25.7 Å². The zero-order chi connectivity index (χ0) is 21.0. The first-order valence-corrected chi connectivity index (χ1v) is 10.4. The minimum atomic E-state index is -1.12. The Morgan fingerprint density at radius 1 is 1.28 bits per heavy atom. The van der Waals surface area contributed by atoms with Crippen LogP contribution in [0, 0.1) is 0 Å². The summed E-state index contributed by atoms with van der Waals surface area (Å²) in [7, 11) is 0. The topological polar surface area (TPSA) is 113 Å². The van der Waals surface area contributed by atoms with Crippen molar-refractivity contribution in [3.05, 3.63) is 35.9 Å². The molecule has 0 aliphatic carbocycles. The molecule has 0 radical (unpaired) electrons. The van der Waals surface area contributed by atoms with Crippen LogP contribution in [0.3, 0.4) is 0 Å². The smallest absolute Gasteiger partial charge is 0.328 e. The van der Waals surface area contributed by atoms with E-state index in [2.05, 4.69) is 5.32 Å². The SMILES string of the molecule is CC(=O)S[C@@H](Cc1ccccc1)C(=O)N[C@H]1CCC[C@@H]2OC[C@@H](C(=O)O)N2C1=O. The summed E-state index contributed by atoms with van der Waals surface area (Å²) in [4.78, 5) is 50.3. The largest absolute Gasteiger partial charge is 0.480 e. The number of thioether (sulfide) groups is 1. The van der Waals surface area contributed by atoms with Crippen molar-refractivity contribution in [1.82, 2.24) is 10.2 Å². The Morgan fingerprint density at radius 3 is 2.66 bits per heavy atom. The molecule has 0 bridgehead atoms. The molecule has 0 saturated carbocycles. The highest BCUT2D eigenvalue weighted by Crippen LogP contribution is 2.27. The lowest BCUT2D eigenvalue weighted by Crippen LogP contribution is -2.54. The van der Waals surface area contributed by atoms with Crippen molar-refractivity contribution in [1.29, 1.82) is 0 Å². The van der Waals surface area contributed by atoms with Crippen LogP contribution in [-0.2, 0) is 30.3 Å². The fourth-order valence-corrected chi connectivity index (χ4v) is 4.54. The molecular formula is C20H24N2O6S. The van der Waals surface area contributed by atoms with Crippen LogP contribution >= 0.6 is 11.8 Å². The summed E-state index contributed by atoms with van der Waals surface area (Å²) >= 11 is 0.928. The molecule has 1 aromatic carbocycles. The second-order valence-electron chi connectivity index (χ2n) is 7.17. The standard InChI is InChI=1S/C20H24N2O6S/c1-12(23)29-16(10-13-6-3-2-4-7-13)18(24)21-14-8-5-9-17-22(19(14)25)15(11-28-17)20(26)27/h2-4,6-7,14-17H,5,8-11H2,1H3,(H,21,24)(H,26,27)/t14-,15-,16-,17-/m0/s1. The summed E-state index contributed by atoms with van der Waals surface area (Å²) < 4.78 is 5.48. The summed E-state index contributed by atoms with van der Waals surface area (Å²) in [6.07, 6.45) is 1.32. The first-order valence-electron chi connectivity index (χ1n) is 9.55. The molecule has 2 saturated heterocycles. The van der Waals surface area contributed by atoms with Gasteiger partial charge in [0.05, 0.1) is 11.9 Å². The highest BCUT2D eigenvalue weighted by Gasteiger charge is 2.46. The summed E-state index contributed by atoms with van der Waals surface area (Å²) in [6.45, 7) is 1.35. The molecule has 3 rings (SSSR count). The van der Waals surface area contributed by atoms with Crippen LogP contribution in [-0.4, -0.2) is 63.1 Å². The number of carboxylic acids is 1. The van der Waals surface area contributed by atoms with Crippen LogP contribution in [0.15, 0.2) is 30.3 Å². The van der Waals surface area contributed by atoms with E-state index in [1.807, 2.05) is 30.3 Å². The van der Waals surface area contributed by atoms with Crippen molar-refractivity contribution in [2.24, 2.45) is 0 Å². The molecule has 0 unspecified atom stereocenters. The van der Waals surface area contributed by atoms with E-state index in [4.69, 9.17) is 4.74 Å². The number of amides is 2. The maximum Gasteiger partial charge on any atom is 0.328 e. The van der Waals surface area contributed by atoms with Gasteiger partial charge in [0, 0.05) is 6.92 Å². The number of fused-ring (bicyclic) bond motifs is 1. The van der Waals surface area contributed by atoms with Crippen molar-refractivity contribution >= 4 is 34.7 Å². The summed E-state index contributed by atoms with van der Waals surface area (Å²) in [6, 6.07) is 7.46. The van der Waals surface area contributed by atoms with Gasteiger partial charge >= 0.3 is 5.97 Å². The van der Waals surface area contributed by atoms with Gasteiger partial charge in [0.1, 0.15) is 12.3 Å². The van der Waals surface area contributed by atoms with Gasteiger partial charge in [0.2, 0.25) is 11.8 Å². The summed E-state index contributed by atoms with van der Waals surface area (Å²) in [5, 5.41) is 11.3. The monoisotopic (exact) mass is 420 g/mol. The maximum atomic E-state index is 13.0. The van der Waals surface area contributed by atoms with Crippen LogP contribution in [0.4, 0.5) is 0 Å². The van der Waals surface area contributed by atoms with Crippen molar-refractivity contribution in [2.75, 3.05) is 6.61 Å². The zero-order valence-corrected chi connectivity index (χ0v) is 16.9. The second kappa shape index (κ2) is 9.41. The van der Waals surface area contributed by atoms with E-state index in [1.165, 1.54) is 11.8 Å². The minimum absolute atomic E-state index is 0.0524. The molecule has 1 aromatic rings. The Labute approximate surface area is 173 Å². The van der Waals surface area contributed by atoms with E-state index in [9.17, 15) is 24.3 Å². The second-order valence-corrected chi connectivity index (χ2v) is 8.55. The fourth-order valence-electron chi connectivity index (χ4n) is 3.69. The van der Waals surface area contributed by atoms with Gasteiger partial charge in [-0.05, 0) is 31.2 Å². The van der Waals surface area contributed by atoms with Crippen LogP contribution in [0.25, 0.3) is 0 Å². The van der Waals surface area contributed by atoms with Crippen molar-refractivity contribution in [3.63, 3.8) is 0 Å². The van der Waals surface area contributed by atoms with Crippen LogP contribution in [0.1, 0.15) is 31.7 Å². The molecule has 156 valence electrons. The highest BCUT2D eigenvalue weighted by atomic mass is 32.2. The van der Waals surface area contributed by atoms with Gasteiger partial charge in [-0.15, -0.1) is 0 Å². The van der Waals surface area contributed by atoms with Crippen LogP contribution < -0.4 is 5.32 Å². The van der Waals surface area contributed by atoms with Gasteiger partial charge in [-0.3, -0.25) is 19.3 Å². The number of ether oxygens (including phenoxy) is 1. The molecule has 0 aromatic heterocycles. The number of carbonyl (C=O) groups excluding carboxylic acids is 3. The average molecular weight is 420 g/mol. The average Bonchev–Trinajstić information content (AvgIpc) is 3.04.